The predicted molar refractivity (Wildman–Crippen MR) is 203 cm³/mol. The predicted octanol–water partition coefficient (Wildman–Crippen LogP) is -0.262. The first-order valence-corrected chi connectivity index (χ1v) is 17.6. The van der Waals surface area contributed by atoms with Gasteiger partial charge in [0.2, 0.25) is 41.4 Å². The molecule has 6 N–H and O–H groups in total. The Morgan fingerprint density at radius 2 is 1.25 bits per heavy atom. The second-order valence-electron chi connectivity index (χ2n) is 12.7. The van der Waals surface area contributed by atoms with E-state index >= 15 is 0 Å². The number of nitrogens with one attached hydrogen (secondary N) is 3. The SMILES string of the molecule is COCCN(CC(=O)N(CC(=O)N(CC(=O)N[C@@H](CO)C(=O)N[C@@H](Cc1ccccc1)C(=O)N[C@@H](C)C(N)=O)c1ccccc1)Cc1ccccc1)C(C)=O. The van der Waals surface area contributed by atoms with Gasteiger partial charge in [0.1, 0.15) is 31.2 Å². The molecule has 0 fully saturated rings. The van der Waals surface area contributed by atoms with Crippen LogP contribution in [-0.2, 0) is 51.3 Å². The number of hydrogen-bond acceptors (Lipinski definition) is 9. The molecule has 0 aliphatic heterocycles. The molecule has 3 rings (SSSR count). The number of ether oxygens (including phenoxy) is 1. The molecule has 0 saturated heterocycles. The fraction of sp³-hybridized carbons (Fsp3) is 0.359. The molecular formula is C39H49N7O9. The van der Waals surface area contributed by atoms with Crippen molar-refractivity contribution in [3.05, 3.63) is 102 Å². The van der Waals surface area contributed by atoms with Gasteiger partial charge in [-0.05, 0) is 30.2 Å². The summed E-state index contributed by atoms with van der Waals surface area (Å²) in [7, 11) is 1.47. The van der Waals surface area contributed by atoms with Gasteiger partial charge < -0.3 is 46.2 Å². The van der Waals surface area contributed by atoms with Gasteiger partial charge in [0.05, 0.1) is 19.8 Å². The number of anilines is 1. The van der Waals surface area contributed by atoms with Crippen LogP contribution in [0.4, 0.5) is 5.69 Å². The quantitative estimate of drug-likeness (QED) is 0.0965. The van der Waals surface area contributed by atoms with E-state index < -0.39 is 73.3 Å². The van der Waals surface area contributed by atoms with E-state index in [0.29, 0.717) is 11.3 Å². The van der Waals surface area contributed by atoms with Gasteiger partial charge in [0.25, 0.3) is 0 Å². The van der Waals surface area contributed by atoms with Crippen LogP contribution in [0.2, 0.25) is 0 Å². The number of aliphatic hydroxyl groups is 1. The molecule has 0 aliphatic carbocycles. The Hall–Kier alpha value is -6.13. The molecule has 294 valence electrons. The Balaban J connectivity index is 1.81. The minimum absolute atomic E-state index is 0.0149. The molecule has 16 nitrogen and oxygen atoms in total. The highest BCUT2D eigenvalue weighted by Gasteiger charge is 2.30. The molecule has 16 heteroatoms. The van der Waals surface area contributed by atoms with Crippen LogP contribution in [0.1, 0.15) is 25.0 Å². The lowest BCUT2D eigenvalue weighted by atomic mass is 10.0. The number of carbonyl (C=O) groups excluding carboxylic acids is 7. The maximum atomic E-state index is 14.0. The molecule has 3 atom stereocenters. The van der Waals surface area contributed by atoms with Crippen molar-refractivity contribution in [2.45, 2.75) is 44.9 Å². The van der Waals surface area contributed by atoms with Crippen molar-refractivity contribution < 1.29 is 43.4 Å². The van der Waals surface area contributed by atoms with E-state index in [1.807, 2.05) is 0 Å². The van der Waals surface area contributed by atoms with Gasteiger partial charge in [0, 0.05) is 39.2 Å². The Morgan fingerprint density at radius 1 is 0.709 bits per heavy atom. The molecule has 0 heterocycles. The summed E-state index contributed by atoms with van der Waals surface area (Å²) in [6.07, 6.45) is 0.0149. The van der Waals surface area contributed by atoms with E-state index in [4.69, 9.17) is 10.5 Å². The molecule has 3 aromatic rings. The van der Waals surface area contributed by atoms with Gasteiger partial charge in [-0.2, -0.15) is 0 Å². The Kier molecular flexibility index (Phi) is 17.4. The van der Waals surface area contributed by atoms with Gasteiger partial charge in [-0.1, -0.05) is 78.9 Å². The summed E-state index contributed by atoms with van der Waals surface area (Å²) in [5, 5.41) is 17.6. The van der Waals surface area contributed by atoms with Crippen molar-refractivity contribution in [1.82, 2.24) is 25.8 Å². The number of para-hydroxylation sites is 1. The number of carbonyl (C=O) groups is 7. The second kappa shape index (κ2) is 22.2. The monoisotopic (exact) mass is 759 g/mol. The summed E-state index contributed by atoms with van der Waals surface area (Å²) < 4.78 is 5.08. The first-order valence-electron chi connectivity index (χ1n) is 17.6. The number of rotatable bonds is 21. The first kappa shape index (κ1) is 43.3. The van der Waals surface area contributed by atoms with Crippen molar-refractivity contribution in [3.8, 4) is 0 Å². The summed E-state index contributed by atoms with van der Waals surface area (Å²) in [5.41, 5.74) is 7.02. The summed E-state index contributed by atoms with van der Waals surface area (Å²) in [5.74, 6) is -4.76. The molecule has 0 bridgehead atoms. The Morgan fingerprint density at radius 3 is 1.80 bits per heavy atom. The lowest BCUT2D eigenvalue weighted by Crippen LogP contribution is -2.58. The molecule has 0 unspecified atom stereocenters. The molecule has 3 aromatic carbocycles. The topological polar surface area (TPSA) is 221 Å². The van der Waals surface area contributed by atoms with Crippen LogP contribution in [0.5, 0.6) is 0 Å². The first-order chi connectivity index (χ1) is 26.3. The zero-order chi connectivity index (χ0) is 40.3. The number of methoxy groups -OCH3 is 1. The van der Waals surface area contributed by atoms with Crippen LogP contribution >= 0.6 is 0 Å². The minimum Gasteiger partial charge on any atom is -0.394 e. The van der Waals surface area contributed by atoms with Crippen LogP contribution in [0.15, 0.2) is 91.0 Å². The maximum absolute atomic E-state index is 14.0. The summed E-state index contributed by atoms with van der Waals surface area (Å²) in [6, 6.07) is 22.1. The third kappa shape index (κ3) is 14.3. The normalized spacial score (nSPS) is 12.3. The lowest BCUT2D eigenvalue weighted by Gasteiger charge is -2.30. The highest BCUT2D eigenvalue weighted by atomic mass is 16.5. The van der Waals surface area contributed by atoms with Gasteiger partial charge in [-0.15, -0.1) is 0 Å². The van der Waals surface area contributed by atoms with Crippen molar-refractivity contribution >= 4 is 47.0 Å². The number of nitrogens with two attached hydrogens (primary N) is 1. The number of primary amides is 1. The zero-order valence-electron chi connectivity index (χ0n) is 31.2. The molecule has 0 spiro atoms. The number of aliphatic hydroxyl groups excluding tert-OH is 1. The van der Waals surface area contributed by atoms with Crippen LogP contribution in [-0.4, -0.2) is 121 Å². The van der Waals surface area contributed by atoms with Crippen molar-refractivity contribution in [2.75, 3.05) is 51.4 Å². The Bertz CT molecular complexity index is 1750. The van der Waals surface area contributed by atoms with Crippen molar-refractivity contribution in [3.63, 3.8) is 0 Å². The van der Waals surface area contributed by atoms with Gasteiger partial charge in [-0.3, -0.25) is 33.6 Å². The molecular weight excluding hydrogens is 710 g/mol. The van der Waals surface area contributed by atoms with Crippen molar-refractivity contribution in [2.24, 2.45) is 5.73 Å². The average molecular weight is 760 g/mol. The van der Waals surface area contributed by atoms with E-state index in [-0.39, 0.29) is 38.6 Å². The van der Waals surface area contributed by atoms with Crippen LogP contribution in [0.3, 0.4) is 0 Å². The smallest absolute Gasteiger partial charge is 0.247 e. The number of benzene rings is 3. The zero-order valence-corrected chi connectivity index (χ0v) is 31.2. The highest BCUT2D eigenvalue weighted by molar-refractivity contribution is 6.02. The number of hydrogen-bond donors (Lipinski definition) is 5. The second-order valence-corrected chi connectivity index (χ2v) is 12.7. The molecule has 55 heavy (non-hydrogen) atoms. The number of amides is 7. The van der Waals surface area contributed by atoms with Gasteiger partial charge in [0.15, 0.2) is 0 Å². The van der Waals surface area contributed by atoms with Gasteiger partial charge >= 0.3 is 0 Å². The van der Waals surface area contributed by atoms with E-state index in [9.17, 15) is 38.7 Å². The molecule has 0 aromatic heterocycles. The third-order valence-corrected chi connectivity index (χ3v) is 8.44. The molecule has 7 amide bonds. The minimum atomic E-state index is -1.54. The van der Waals surface area contributed by atoms with Crippen molar-refractivity contribution in [1.29, 1.82) is 0 Å². The fourth-order valence-corrected chi connectivity index (χ4v) is 5.32. The fourth-order valence-electron chi connectivity index (χ4n) is 5.32. The van der Waals surface area contributed by atoms with E-state index in [0.717, 1.165) is 10.5 Å². The standard InChI is InChI=1S/C39H49N7O9/c1-27(37(40)52)41-38(53)32(21-29-13-7-4-8-14-29)43-39(54)33(26-47)42-34(49)23-46(31-17-11-6-12-18-31)36(51)25-45(22-30-15-9-5-10-16-30)35(50)24-44(28(2)48)19-20-55-3/h4-18,27,32-33,47H,19-26H2,1-3H3,(H2,40,52)(H,41,53)(H,42,49)(H,43,54)/t27-,32-,33-/m0/s1. The van der Waals surface area contributed by atoms with Crippen LogP contribution in [0, 0.1) is 0 Å². The van der Waals surface area contributed by atoms with E-state index in [1.54, 1.807) is 91.0 Å². The summed E-state index contributed by atoms with van der Waals surface area (Å²) in [6.45, 7) is 0.833. The van der Waals surface area contributed by atoms with Crippen LogP contribution < -0.4 is 26.6 Å². The maximum Gasteiger partial charge on any atom is 0.247 e. The lowest BCUT2D eigenvalue weighted by molar-refractivity contribution is -0.141. The van der Waals surface area contributed by atoms with E-state index in [1.165, 1.54) is 30.8 Å². The number of nitrogens with zero attached hydrogens (tertiary/aromatic N) is 3. The summed E-state index contributed by atoms with van der Waals surface area (Å²) in [4.78, 5) is 95.4. The molecule has 0 aliphatic rings. The Labute approximate surface area is 320 Å². The van der Waals surface area contributed by atoms with Gasteiger partial charge in [-0.25, -0.2) is 0 Å². The third-order valence-electron chi connectivity index (χ3n) is 8.44. The highest BCUT2D eigenvalue weighted by Crippen LogP contribution is 2.15. The molecule has 0 saturated carbocycles. The summed E-state index contributed by atoms with van der Waals surface area (Å²) >= 11 is 0. The van der Waals surface area contributed by atoms with E-state index in [2.05, 4.69) is 16.0 Å². The largest absolute Gasteiger partial charge is 0.394 e. The van der Waals surface area contributed by atoms with Crippen LogP contribution in [0.25, 0.3) is 0 Å². The molecule has 0 radical (unpaired) electrons. The average Bonchev–Trinajstić information content (AvgIpc) is 3.17.